The third-order valence-corrected chi connectivity index (χ3v) is 3.13. The second-order valence-corrected chi connectivity index (χ2v) is 4.72. The average molecular weight is 273 g/mol. The van der Waals surface area contributed by atoms with Crippen LogP contribution < -0.4 is 5.32 Å². The van der Waals surface area contributed by atoms with Crippen LogP contribution in [0.1, 0.15) is 35.2 Å². The normalized spacial score (nSPS) is 15.3. The molecule has 0 atom stereocenters. The molecule has 0 radical (unpaired) electrons. The van der Waals surface area contributed by atoms with Crippen LogP contribution >= 0.6 is 0 Å². The molecule has 0 saturated heterocycles. The molecule has 1 aliphatic carbocycles. The van der Waals surface area contributed by atoms with Gasteiger partial charge in [-0.2, -0.15) is 13.2 Å². The molecule has 1 aromatic carbocycles. The van der Waals surface area contributed by atoms with Crippen molar-refractivity contribution < 1.29 is 23.1 Å². The summed E-state index contributed by atoms with van der Waals surface area (Å²) in [6, 6.07) is 3.11. The van der Waals surface area contributed by atoms with Gasteiger partial charge in [0.05, 0.1) is 11.1 Å². The number of halogens is 3. The maximum atomic E-state index is 12.6. The lowest BCUT2D eigenvalue weighted by atomic mass is 10.1. The molecule has 0 bridgehead atoms. The number of hydrogen-bond acceptors (Lipinski definition) is 2. The van der Waals surface area contributed by atoms with E-state index in [-0.39, 0.29) is 0 Å². The highest BCUT2D eigenvalue weighted by molar-refractivity contribution is 5.91. The van der Waals surface area contributed by atoms with Gasteiger partial charge >= 0.3 is 12.1 Å². The first kappa shape index (κ1) is 13.7. The molecule has 0 amide bonds. The van der Waals surface area contributed by atoms with E-state index in [4.69, 9.17) is 5.11 Å². The Kier molecular flexibility index (Phi) is 3.68. The van der Waals surface area contributed by atoms with Crippen molar-refractivity contribution in [1.82, 2.24) is 0 Å². The molecule has 0 unspecified atom stereocenters. The SMILES string of the molecule is O=C(O)c1cc(NCCC2CC2)ccc1C(F)(F)F. The van der Waals surface area contributed by atoms with Crippen LogP contribution in [0.5, 0.6) is 0 Å². The lowest BCUT2D eigenvalue weighted by molar-refractivity contribution is -0.138. The van der Waals surface area contributed by atoms with Crippen molar-refractivity contribution in [2.45, 2.75) is 25.4 Å². The minimum absolute atomic E-state index is 0.408. The maximum Gasteiger partial charge on any atom is 0.417 e. The monoisotopic (exact) mass is 273 g/mol. The standard InChI is InChI=1S/C13H14F3NO2/c14-13(15,16)11-4-3-9(7-10(11)12(18)19)17-6-5-8-1-2-8/h3-4,7-8,17H,1-2,5-6H2,(H,18,19). The molecule has 1 aromatic rings. The smallest absolute Gasteiger partial charge is 0.417 e. The summed E-state index contributed by atoms with van der Waals surface area (Å²) in [6.07, 6.45) is -1.28. The number of benzene rings is 1. The third kappa shape index (κ3) is 3.62. The lowest BCUT2D eigenvalue weighted by Crippen LogP contribution is -2.13. The molecule has 0 heterocycles. The van der Waals surface area contributed by atoms with Gasteiger partial charge in [-0.25, -0.2) is 4.79 Å². The van der Waals surface area contributed by atoms with Gasteiger partial charge in [-0.15, -0.1) is 0 Å². The van der Waals surface area contributed by atoms with E-state index >= 15 is 0 Å². The summed E-state index contributed by atoms with van der Waals surface area (Å²) >= 11 is 0. The number of carbonyl (C=O) groups is 1. The van der Waals surface area contributed by atoms with Gasteiger partial charge in [-0.05, 0) is 30.5 Å². The van der Waals surface area contributed by atoms with Crippen molar-refractivity contribution in [2.24, 2.45) is 5.92 Å². The van der Waals surface area contributed by atoms with Crippen LogP contribution in [0.15, 0.2) is 18.2 Å². The summed E-state index contributed by atoms with van der Waals surface area (Å²) in [5.74, 6) is -0.862. The topological polar surface area (TPSA) is 49.3 Å². The molecule has 1 saturated carbocycles. The summed E-state index contributed by atoms with van der Waals surface area (Å²) in [6.45, 7) is 0.648. The molecule has 0 aliphatic heterocycles. The van der Waals surface area contributed by atoms with E-state index in [2.05, 4.69) is 5.32 Å². The third-order valence-electron chi connectivity index (χ3n) is 3.13. The van der Waals surface area contributed by atoms with Gasteiger partial charge in [0.2, 0.25) is 0 Å². The first-order valence-corrected chi connectivity index (χ1v) is 6.06. The number of anilines is 1. The predicted octanol–water partition coefficient (Wildman–Crippen LogP) is 3.62. The predicted molar refractivity (Wildman–Crippen MR) is 64.2 cm³/mol. The van der Waals surface area contributed by atoms with Crippen LogP contribution in [0.25, 0.3) is 0 Å². The van der Waals surface area contributed by atoms with Crippen LogP contribution in [0.4, 0.5) is 18.9 Å². The number of nitrogens with one attached hydrogen (secondary N) is 1. The van der Waals surface area contributed by atoms with E-state index in [0.29, 0.717) is 18.2 Å². The van der Waals surface area contributed by atoms with Crippen molar-refractivity contribution in [3.63, 3.8) is 0 Å². The zero-order valence-electron chi connectivity index (χ0n) is 10.1. The van der Waals surface area contributed by atoms with Crippen LogP contribution in [0.3, 0.4) is 0 Å². The summed E-state index contributed by atoms with van der Waals surface area (Å²) < 4.78 is 37.9. The average Bonchev–Trinajstić information content (AvgIpc) is 3.11. The first-order valence-electron chi connectivity index (χ1n) is 6.06. The van der Waals surface area contributed by atoms with Crippen molar-refractivity contribution in [3.8, 4) is 0 Å². The summed E-state index contributed by atoms with van der Waals surface area (Å²) in [5, 5.41) is 11.8. The Morgan fingerprint density at radius 3 is 2.58 bits per heavy atom. The molecule has 1 aliphatic rings. The molecule has 104 valence electrons. The van der Waals surface area contributed by atoms with Gasteiger partial charge in [0.15, 0.2) is 0 Å². The zero-order valence-corrected chi connectivity index (χ0v) is 10.1. The molecule has 0 aromatic heterocycles. The number of carboxylic acids is 1. The summed E-state index contributed by atoms with van der Waals surface area (Å²) in [5.41, 5.74) is -1.43. The van der Waals surface area contributed by atoms with E-state index in [1.165, 1.54) is 18.9 Å². The Hall–Kier alpha value is -1.72. The van der Waals surface area contributed by atoms with Crippen LogP contribution in [-0.4, -0.2) is 17.6 Å². The molecular formula is C13H14F3NO2. The van der Waals surface area contributed by atoms with E-state index in [0.717, 1.165) is 18.6 Å². The Balaban J connectivity index is 2.13. The largest absolute Gasteiger partial charge is 0.478 e. The second kappa shape index (κ2) is 5.11. The molecule has 1 fully saturated rings. The fourth-order valence-corrected chi connectivity index (χ4v) is 1.91. The minimum Gasteiger partial charge on any atom is -0.478 e. The van der Waals surface area contributed by atoms with Crippen molar-refractivity contribution in [1.29, 1.82) is 0 Å². The first-order chi connectivity index (χ1) is 8.88. The van der Waals surface area contributed by atoms with E-state index in [9.17, 15) is 18.0 Å². The number of rotatable bonds is 5. The van der Waals surface area contributed by atoms with Gasteiger partial charge < -0.3 is 10.4 Å². The Morgan fingerprint density at radius 2 is 2.05 bits per heavy atom. The lowest BCUT2D eigenvalue weighted by Gasteiger charge is -2.12. The Bertz CT molecular complexity index is 481. The molecular weight excluding hydrogens is 259 g/mol. The fraction of sp³-hybridized carbons (Fsp3) is 0.462. The van der Waals surface area contributed by atoms with Gasteiger partial charge in [0, 0.05) is 12.2 Å². The number of hydrogen-bond donors (Lipinski definition) is 2. The van der Waals surface area contributed by atoms with Crippen LogP contribution in [0.2, 0.25) is 0 Å². The van der Waals surface area contributed by atoms with E-state index in [1.807, 2.05) is 0 Å². The van der Waals surface area contributed by atoms with Crippen LogP contribution in [-0.2, 0) is 6.18 Å². The molecule has 2 rings (SSSR count). The molecule has 0 spiro atoms. The van der Waals surface area contributed by atoms with Gasteiger partial charge in [-0.1, -0.05) is 12.8 Å². The van der Waals surface area contributed by atoms with Gasteiger partial charge in [0.25, 0.3) is 0 Å². The van der Waals surface area contributed by atoms with Crippen molar-refractivity contribution >= 4 is 11.7 Å². The van der Waals surface area contributed by atoms with E-state index in [1.54, 1.807) is 0 Å². The molecule has 2 N–H and O–H groups in total. The summed E-state index contributed by atoms with van der Waals surface area (Å²) in [4.78, 5) is 10.9. The fourth-order valence-electron chi connectivity index (χ4n) is 1.91. The van der Waals surface area contributed by atoms with E-state index < -0.39 is 23.3 Å². The number of alkyl halides is 3. The Labute approximate surface area is 108 Å². The number of carboxylic acid groups (broad SMARTS) is 1. The summed E-state index contributed by atoms with van der Waals surface area (Å²) in [7, 11) is 0. The molecule has 19 heavy (non-hydrogen) atoms. The van der Waals surface area contributed by atoms with Gasteiger partial charge in [0.1, 0.15) is 0 Å². The van der Waals surface area contributed by atoms with Crippen LogP contribution in [0, 0.1) is 5.92 Å². The van der Waals surface area contributed by atoms with Gasteiger partial charge in [-0.3, -0.25) is 0 Å². The highest BCUT2D eigenvalue weighted by Crippen LogP contribution is 2.34. The molecule has 3 nitrogen and oxygen atoms in total. The highest BCUT2D eigenvalue weighted by atomic mass is 19.4. The maximum absolute atomic E-state index is 12.6. The second-order valence-electron chi connectivity index (χ2n) is 4.72. The van der Waals surface area contributed by atoms with Crippen molar-refractivity contribution in [2.75, 3.05) is 11.9 Å². The minimum atomic E-state index is -4.65. The number of aromatic carboxylic acids is 1. The molecule has 6 heteroatoms. The zero-order chi connectivity index (χ0) is 14.0. The Morgan fingerprint density at radius 1 is 1.37 bits per heavy atom. The highest BCUT2D eigenvalue weighted by Gasteiger charge is 2.35. The quantitative estimate of drug-likeness (QED) is 0.861. The van der Waals surface area contributed by atoms with Crippen molar-refractivity contribution in [3.05, 3.63) is 29.3 Å².